The number of unbranched alkanes of at least 4 members (excludes halogenated alkanes) is 40. The molecule has 19 heteroatoms. The van der Waals surface area contributed by atoms with Gasteiger partial charge in [-0.25, -0.2) is 9.13 Å². The summed E-state index contributed by atoms with van der Waals surface area (Å²) in [7, 11) is -9.90. The fraction of sp³-hybridized carbons (Fsp3) is 0.944. The standard InChI is InChI=1S/C71H138O17P2/c1-7-9-11-13-15-17-19-24-30-37-43-49-55-70(75)87-66(59-81-68(73)53-47-41-35-29-18-16-14-12-10-8-2)61-85-89(77,78)83-57-65(72)58-84-90(79,80)86-62-67(60-82-69(74)54-48-42-36-32-26-28-34-40-46-52-64(5)6)88-71(76)56-50-44-38-31-25-22-20-21-23-27-33-39-45-51-63(3)4/h63-67,72H,7-62H2,1-6H3,(H,77,78)(H,79,80)/t65-,66+,67+/m0/s1. The minimum atomic E-state index is -4.95. The first-order valence-electron chi connectivity index (χ1n) is 37.0. The Kier molecular flexibility index (Phi) is 61.8. The number of phosphoric ester groups is 2. The summed E-state index contributed by atoms with van der Waals surface area (Å²) in [5.74, 6) is -0.591. The number of carbonyl (C=O) groups is 4. The van der Waals surface area contributed by atoms with Gasteiger partial charge in [0, 0.05) is 25.7 Å². The van der Waals surface area contributed by atoms with Crippen molar-refractivity contribution >= 4 is 39.5 Å². The Bertz CT molecular complexity index is 1750. The third kappa shape index (κ3) is 64.8. The third-order valence-electron chi connectivity index (χ3n) is 16.5. The number of hydrogen-bond donors (Lipinski definition) is 3. The molecule has 0 aliphatic heterocycles. The molecular weight excluding hydrogens is 1190 g/mol. The highest BCUT2D eigenvalue weighted by atomic mass is 31.2. The van der Waals surface area contributed by atoms with Crippen molar-refractivity contribution in [2.45, 2.75) is 381 Å². The molecule has 17 nitrogen and oxygen atoms in total. The molecular formula is C71H138O17P2. The van der Waals surface area contributed by atoms with Crippen LogP contribution < -0.4 is 0 Å². The Morgan fingerprint density at radius 3 is 0.756 bits per heavy atom. The van der Waals surface area contributed by atoms with Gasteiger partial charge in [-0.3, -0.25) is 37.3 Å². The van der Waals surface area contributed by atoms with Gasteiger partial charge in [-0.1, -0.05) is 311 Å². The largest absolute Gasteiger partial charge is 0.472 e. The van der Waals surface area contributed by atoms with E-state index >= 15 is 0 Å². The molecule has 0 aromatic heterocycles. The summed E-state index contributed by atoms with van der Waals surface area (Å²) in [5.41, 5.74) is 0. The van der Waals surface area contributed by atoms with E-state index < -0.39 is 97.5 Å². The first-order chi connectivity index (χ1) is 43.4. The fourth-order valence-corrected chi connectivity index (χ4v) is 12.3. The minimum absolute atomic E-state index is 0.107. The van der Waals surface area contributed by atoms with Crippen LogP contribution in [0.4, 0.5) is 0 Å². The van der Waals surface area contributed by atoms with Crippen molar-refractivity contribution in [2.75, 3.05) is 39.6 Å². The summed E-state index contributed by atoms with van der Waals surface area (Å²) < 4.78 is 68.3. The lowest BCUT2D eigenvalue weighted by Gasteiger charge is -2.21. The molecule has 0 aliphatic carbocycles. The summed E-state index contributed by atoms with van der Waals surface area (Å²) in [5, 5.41) is 10.6. The van der Waals surface area contributed by atoms with Crippen LogP contribution in [-0.4, -0.2) is 96.7 Å². The molecule has 3 N–H and O–H groups in total. The Balaban J connectivity index is 5.24. The second-order valence-corrected chi connectivity index (χ2v) is 29.5. The normalized spacial score (nSPS) is 14.1. The number of aliphatic hydroxyl groups excluding tert-OH is 1. The van der Waals surface area contributed by atoms with Gasteiger partial charge in [-0.05, 0) is 37.5 Å². The van der Waals surface area contributed by atoms with Crippen LogP contribution in [0.1, 0.15) is 363 Å². The van der Waals surface area contributed by atoms with Gasteiger partial charge in [0.2, 0.25) is 0 Å². The zero-order valence-electron chi connectivity index (χ0n) is 58.4. The molecule has 90 heavy (non-hydrogen) atoms. The van der Waals surface area contributed by atoms with Crippen molar-refractivity contribution in [3.05, 3.63) is 0 Å². The number of esters is 4. The summed E-state index contributed by atoms with van der Waals surface area (Å²) in [6.07, 6.45) is 48.4. The lowest BCUT2D eigenvalue weighted by Crippen LogP contribution is -2.30. The Morgan fingerprint density at radius 1 is 0.300 bits per heavy atom. The topological polar surface area (TPSA) is 237 Å². The molecule has 0 spiro atoms. The van der Waals surface area contributed by atoms with Gasteiger partial charge in [-0.15, -0.1) is 0 Å². The van der Waals surface area contributed by atoms with Crippen LogP contribution in [0.15, 0.2) is 0 Å². The van der Waals surface area contributed by atoms with Crippen LogP contribution in [0.25, 0.3) is 0 Å². The molecule has 5 atom stereocenters. The maximum Gasteiger partial charge on any atom is 0.472 e. The fourth-order valence-electron chi connectivity index (χ4n) is 10.8. The summed E-state index contributed by atoms with van der Waals surface area (Å²) in [6.45, 7) is 9.55. The quantitative estimate of drug-likeness (QED) is 0.0222. The number of aliphatic hydroxyl groups is 1. The summed E-state index contributed by atoms with van der Waals surface area (Å²) >= 11 is 0. The van der Waals surface area contributed by atoms with Crippen LogP contribution in [0.2, 0.25) is 0 Å². The van der Waals surface area contributed by atoms with E-state index in [9.17, 15) is 43.2 Å². The predicted molar refractivity (Wildman–Crippen MR) is 363 cm³/mol. The van der Waals surface area contributed by atoms with Crippen molar-refractivity contribution in [3.63, 3.8) is 0 Å². The molecule has 0 aromatic carbocycles. The SMILES string of the molecule is CCCCCCCCCCCCCCC(=O)O[C@H](COC(=O)CCCCCCCCCCCC)COP(=O)(O)OC[C@H](O)COP(=O)(O)OC[C@@H](COC(=O)CCCCCCCCCCCC(C)C)OC(=O)CCCCCCCCCCCCCCCC(C)C. The maximum atomic E-state index is 13.0. The number of ether oxygens (including phenoxy) is 4. The van der Waals surface area contributed by atoms with Crippen LogP contribution in [-0.2, 0) is 65.4 Å². The first-order valence-corrected chi connectivity index (χ1v) is 40.0. The highest BCUT2D eigenvalue weighted by molar-refractivity contribution is 7.47. The molecule has 0 radical (unpaired) electrons. The molecule has 0 heterocycles. The van der Waals surface area contributed by atoms with Gasteiger partial charge in [0.15, 0.2) is 12.2 Å². The average molecular weight is 1330 g/mol. The molecule has 0 aromatic rings. The molecule has 0 bridgehead atoms. The van der Waals surface area contributed by atoms with Crippen LogP contribution in [0.3, 0.4) is 0 Å². The summed E-state index contributed by atoms with van der Waals surface area (Å²) in [4.78, 5) is 72.6. The second-order valence-electron chi connectivity index (χ2n) is 26.6. The van der Waals surface area contributed by atoms with E-state index in [0.29, 0.717) is 25.7 Å². The lowest BCUT2D eigenvalue weighted by atomic mass is 10.0. The van der Waals surface area contributed by atoms with E-state index in [1.165, 1.54) is 180 Å². The van der Waals surface area contributed by atoms with Crippen molar-refractivity contribution in [2.24, 2.45) is 11.8 Å². The lowest BCUT2D eigenvalue weighted by molar-refractivity contribution is -0.161. The zero-order valence-corrected chi connectivity index (χ0v) is 60.2. The van der Waals surface area contributed by atoms with Crippen molar-refractivity contribution in [3.8, 4) is 0 Å². The maximum absolute atomic E-state index is 13.0. The van der Waals surface area contributed by atoms with Gasteiger partial charge in [-0.2, -0.15) is 0 Å². The van der Waals surface area contributed by atoms with Gasteiger partial charge < -0.3 is 33.8 Å². The first kappa shape index (κ1) is 88.1. The average Bonchev–Trinajstić information content (AvgIpc) is 3.69. The van der Waals surface area contributed by atoms with Crippen LogP contribution in [0, 0.1) is 11.8 Å². The van der Waals surface area contributed by atoms with E-state index in [2.05, 4.69) is 41.5 Å². The summed E-state index contributed by atoms with van der Waals surface area (Å²) in [6, 6.07) is 0. The van der Waals surface area contributed by atoms with E-state index in [1.54, 1.807) is 0 Å². The third-order valence-corrected chi connectivity index (χ3v) is 18.4. The van der Waals surface area contributed by atoms with Gasteiger partial charge >= 0.3 is 39.5 Å². The number of rotatable bonds is 70. The van der Waals surface area contributed by atoms with E-state index in [-0.39, 0.29) is 25.7 Å². The van der Waals surface area contributed by atoms with E-state index in [1.807, 2.05) is 0 Å². The van der Waals surface area contributed by atoms with Crippen molar-refractivity contribution < 1.29 is 80.2 Å². The number of hydrogen-bond acceptors (Lipinski definition) is 15. The molecule has 0 saturated heterocycles. The molecule has 2 unspecified atom stereocenters. The van der Waals surface area contributed by atoms with Gasteiger partial charge in [0.05, 0.1) is 26.4 Å². The molecule has 0 fully saturated rings. The Labute approximate surface area is 549 Å². The van der Waals surface area contributed by atoms with Crippen LogP contribution in [0.5, 0.6) is 0 Å². The van der Waals surface area contributed by atoms with Gasteiger partial charge in [0.25, 0.3) is 0 Å². The molecule has 0 saturated carbocycles. The number of phosphoric acid groups is 2. The predicted octanol–water partition coefficient (Wildman–Crippen LogP) is 20.4. The Hall–Kier alpha value is -1.94. The second kappa shape index (κ2) is 63.1. The van der Waals surface area contributed by atoms with Crippen LogP contribution >= 0.6 is 15.6 Å². The highest BCUT2D eigenvalue weighted by Crippen LogP contribution is 2.45. The minimum Gasteiger partial charge on any atom is -0.462 e. The molecule has 0 aliphatic rings. The smallest absolute Gasteiger partial charge is 0.462 e. The van der Waals surface area contributed by atoms with Crippen molar-refractivity contribution in [1.82, 2.24) is 0 Å². The van der Waals surface area contributed by atoms with Crippen molar-refractivity contribution in [1.29, 1.82) is 0 Å². The highest BCUT2D eigenvalue weighted by Gasteiger charge is 2.30. The van der Waals surface area contributed by atoms with E-state index in [4.69, 9.17) is 37.0 Å². The Morgan fingerprint density at radius 2 is 0.511 bits per heavy atom. The monoisotopic (exact) mass is 1320 g/mol. The van der Waals surface area contributed by atoms with E-state index in [0.717, 1.165) is 102 Å². The van der Waals surface area contributed by atoms with Gasteiger partial charge in [0.1, 0.15) is 19.3 Å². The molecule has 0 rings (SSSR count). The zero-order chi connectivity index (χ0) is 66.5. The number of carbonyl (C=O) groups excluding carboxylic acids is 4. The molecule has 0 amide bonds. The molecule has 534 valence electrons.